The maximum atomic E-state index is 11.7. The molecule has 2 rings (SSSR count). The first-order valence-electron chi connectivity index (χ1n) is 6.47. The fourth-order valence-electron chi connectivity index (χ4n) is 2.20. The van der Waals surface area contributed by atoms with E-state index in [9.17, 15) is 4.21 Å². The van der Waals surface area contributed by atoms with Crippen molar-refractivity contribution in [2.24, 2.45) is 0 Å². The van der Waals surface area contributed by atoms with Crippen LogP contribution in [0.3, 0.4) is 0 Å². The lowest BCUT2D eigenvalue weighted by atomic mass is 9.99. The number of benzene rings is 1. The van der Waals surface area contributed by atoms with Gasteiger partial charge >= 0.3 is 0 Å². The van der Waals surface area contributed by atoms with Gasteiger partial charge in [0.1, 0.15) is 11.0 Å². The van der Waals surface area contributed by atoms with E-state index >= 15 is 0 Å². The molecule has 0 N–H and O–H groups in total. The van der Waals surface area contributed by atoms with Gasteiger partial charge in [-0.1, -0.05) is 19.9 Å². The van der Waals surface area contributed by atoms with Crippen molar-refractivity contribution < 1.29 is 4.21 Å². The summed E-state index contributed by atoms with van der Waals surface area (Å²) in [4.78, 5) is 2.36. The van der Waals surface area contributed by atoms with E-state index in [1.165, 1.54) is 17.7 Å². The standard InChI is InChI=1S/C14H22N2OS/c1-11(2)13-7-6-12(16-8-5-9-16)10-14(13)15(3)18(4)17/h6-7,10-11H,5,8-9H2,1-4H3. The SMILES string of the molecule is CC(C)c1ccc(N2CCC2)cc1N(C)S(C)=O. The molecule has 18 heavy (non-hydrogen) atoms. The van der Waals surface area contributed by atoms with Gasteiger partial charge in [0.05, 0.1) is 5.69 Å². The molecule has 1 heterocycles. The van der Waals surface area contributed by atoms with E-state index < -0.39 is 11.0 Å². The molecular weight excluding hydrogens is 244 g/mol. The summed E-state index contributed by atoms with van der Waals surface area (Å²) in [6, 6.07) is 6.54. The predicted molar refractivity (Wildman–Crippen MR) is 79.8 cm³/mol. The fourth-order valence-corrected chi connectivity index (χ4v) is 2.64. The van der Waals surface area contributed by atoms with E-state index in [-0.39, 0.29) is 0 Å². The van der Waals surface area contributed by atoms with Crippen LogP contribution in [0.25, 0.3) is 0 Å². The molecule has 1 aromatic rings. The lowest BCUT2D eigenvalue weighted by molar-refractivity contribution is 0.617. The average molecular weight is 266 g/mol. The lowest BCUT2D eigenvalue weighted by Crippen LogP contribution is -2.37. The molecular formula is C14H22N2OS. The summed E-state index contributed by atoms with van der Waals surface area (Å²) in [6.07, 6.45) is 3.00. The predicted octanol–water partition coefficient (Wildman–Crippen LogP) is 2.75. The summed E-state index contributed by atoms with van der Waals surface area (Å²) in [5.41, 5.74) is 3.60. The Morgan fingerprint density at radius 2 is 2.00 bits per heavy atom. The zero-order valence-corrected chi connectivity index (χ0v) is 12.5. The van der Waals surface area contributed by atoms with Crippen LogP contribution in [0.15, 0.2) is 18.2 Å². The van der Waals surface area contributed by atoms with Crippen molar-refractivity contribution in [3.8, 4) is 0 Å². The minimum atomic E-state index is -0.979. The van der Waals surface area contributed by atoms with Gasteiger partial charge in [-0.2, -0.15) is 0 Å². The first-order chi connectivity index (χ1) is 8.50. The monoisotopic (exact) mass is 266 g/mol. The first-order valence-corrected chi connectivity index (χ1v) is 7.98. The van der Waals surface area contributed by atoms with Crippen LogP contribution in [0.5, 0.6) is 0 Å². The topological polar surface area (TPSA) is 23.6 Å². The molecule has 1 aromatic carbocycles. The molecule has 0 saturated carbocycles. The Morgan fingerprint density at radius 3 is 2.44 bits per heavy atom. The van der Waals surface area contributed by atoms with Crippen LogP contribution >= 0.6 is 0 Å². The summed E-state index contributed by atoms with van der Waals surface area (Å²) in [5, 5.41) is 0. The Balaban J connectivity index is 2.40. The van der Waals surface area contributed by atoms with Crippen LogP contribution in [0.1, 0.15) is 31.7 Å². The minimum absolute atomic E-state index is 0.441. The van der Waals surface area contributed by atoms with Crippen molar-refractivity contribution in [3.05, 3.63) is 23.8 Å². The van der Waals surface area contributed by atoms with Gasteiger partial charge in [0.25, 0.3) is 0 Å². The fraction of sp³-hybridized carbons (Fsp3) is 0.571. The van der Waals surface area contributed by atoms with Gasteiger partial charge in [-0.15, -0.1) is 0 Å². The highest BCUT2D eigenvalue weighted by atomic mass is 32.2. The smallest absolute Gasteiger partial charge is 0.116 e. The second-order valence-electron chi connectivity index (χ2n) is 5.16. The highest BCUT2D eigenvalue weighted by Gasteiger charge is 2.18. The van der Waals surface area contributed by atoms with Crippen molar-refractivity contribution >= 4 is 22.4 Å². The van der Waals surface area contributed by atoms with Gasteiger partial charge in [-0.05, 0) is 30.0 Å². The lowest BCUT2D eigenvalue weighted by Gasteiger charge is -2.34. The molecule has 0 bridgehead atoms. The van der Waals surface area contributed by atoms with E-state index in [1.54, 1.807) is 6.26 Å². The van der Waals surface area contributed by atoms with Gasteiger partial charge in [-0.25, -0.2) is 4.21 Å². The normalized spacial score (nSPS) is 16.6. The van der Waals surface area contributed by atoms with Gasteiger partial charge < -0.3 is 4.90 Å². The van der Waals surface area contributed by atoms with Gasteiger partial charge in [0.15, 0.2) is 0 Å². The van der Waals surface area contributed by atoms with Crippen LogP contribution in [-0.2, 0) is 11.0 Å². The molecule has 1 aliphatic heterocycles. The molecule has 4 heteroatoms. The third-order valence-corrected chi connectivity index (χ3v) is 4.55. The summed E-state index contributed by atoms with van der Waals surface area (Å²) < 4.78 is 13.6. The molecule has 1 unspecified atom stereocenters. The zero-order chi connectivity index (χ0) is 13.3. The van der Waals surface area contributed by atoms with Crippen molar-refractivity contribution in [2.45, 2.75) is 26.2 Å². The van der Waals surface area contributed by atoms with Gasteiger partial charge in [0.2, 0.25) is 0 Å². The molecule has 0 radical (unpaired) electrons. The molecule has 1 aliphatic rings. The Bertz CT molecular complexity index is 455. The molecule has 1 fully saturated rings. The second kappa shape index (κ2) is 5.31. The summed E-state index contributed by atoms with van der Waals surface area (Å²) in [6.45, 7) is 6.63. The highest BCUT2D eigenvalue weighted by Crippen LogP contribution is 2.33. The van der Waals surface area contributed by atoms with Crippen molar-refractivity contribution in [2.75, 3.05) is 35.6 Å². The quantitative estimate of drug-likeness (QED) is 0.836. The Hall–Kier alpha value is -1.03. The number of hydrogen-bond donors (Lipinski definition) is 0. The van der Waals surface area contributed by atoms with Gasteiger partial charge in [-0.3, -0.25) is 4.31 Å². The second-order valence-corrected chi connectivity index (χ2v) is 6.55. The van der Waals surface area contributed by atoms with Crippen LogP contribution in [-0.4, -0.2) is 30.6 Å². The number of anilines is 2. The van der Waals surface area contributed by atoms with Crippen LogP contribution in [0, 0.1) is 0 Å². The zero-order valence-electron chi connectivity index (χ0n) is 11.6. The highest BCUT2D eigenvalue weighted by molar-refractivity contribution is 7.85. The maximum absolute atomic E-state index is 11.7. The third-order valence-electron chi connectivity index (χ3n) is 3.58. The van der Waals surface area contributed by atoms with E-state index in [4.69, 9.17) is 0 Å². The Labute approximate surface area is 112 Å². The van der Waals surface area contributed by atoms with E-state index in [2.05, 4.69) is 36.9 Å². The maximum Gasteiger partial charge on any atom is 0.116 e. The van der Waals surface area contributed by atoms with E-state index in [1.807, 2.05) is 11.4 Å². The molecule has 1 saturated heterocycles. The van der Waals surface area contributed by atoms with E-state index in [0.717, 1.165) is 18.8 Å². The third kappa shape index (κ3) is 2.53. The Morgan fingerprint density at radius 1 is 1.33 bits per heavy atom. The number of rotatable bonds is 4. The average Bonchev–Trinajstić information content (AvgIpc) is 2.25. The van der Waals surface area contributed by atoms with Crippen molar-refractivity contribution in [1.29, 1.82) is 0 Å². The molecule has 100 valence electrons. The molecule has 1 atom stereocenters. The van der Waals surface area contributed by atoms with Crippen LogP contribution in [0.4, 0.5) is 11.4 Å². The number of nitrogens with zero attached hydrogens (tertiary/aromatic N) is 2. The van der Waals surface area contributed by atoms with Gasteiger partial charge in [0, 0.05) is 32.1 Å². The van der Waals surface area contributed by atoms with E-state index in [0.29, 0.717) is 5.92 Å². The van der Waals surface area contributed by atoms with Crippen molar-refractivity contribution in [1.82, 2.24) is 0 Å². The molecule has 0 aromatic heterocycles. The molecule has 0 aliphatic carbocycles. The minimum Gasteiger partial charge on any atom is -0.371 e. The molecule has 0 amide bonds. The molecule has 3 nitrogen and oxygen atoms in total. The Kier molecular flexibility index (Phi) is 3.95. The summed E-state index contributed by atoms with van der Waals surface area (Å²) in [7, 11) is 0.921. The van der Waals surface area contributed by atoms with Crippen molar-refractivity contribution in [3.63, 3.8) is 0 Å². The first kappa shape index (κ1) is 13.4. The molecule has 0 spiro atoms. The number of hydrogen-bond acceptors (Lipinski definition) is 2. The summed E-state index contributed by atoms with van der Waals surface area (Å²) >= 11 is 0. The summed E-state index contributed by atoms with van der Waals surface area (Å²) in [5.74, 6) is 0.441. The van der Waals surface area contributed by atoms with Crippen LogP contribution < -0.4 is 9.21 Å². The largest absolute Gasteiger partial charge is 0.371 e. The van der Waals surface area contributed by atoms with Crippen LogP contribution in [0.2, 0.25) is 0 Å².